The molecule has 1 saturated heterocycles. The van der Waals surface area contributed by atoms with E-state index in [0.29, 0.717) is 25.4 Å². The number of carbonyl (C=O) groups is 2. The molecule has 2 amide bonds. The van der Waals surface area contributed by atoms with E-state index in [2.05, 4.69) is 5.32 Å². The van der Waals surface area contributed by atoms with Gasteiger partial charge in [-0.2, -0.15) is 0 Å². The van der Waals surface area contributed by atoms with E-state index < -0.39 is 11.8 Å². The quantitative estimate of drug-likeness (QED) is 0.763. The second-order valence-corrected chi connectivity index (χ2v) is 4.72. The van der Waals surface area contributed by atoms with Gasteiger partial charge < -0.3 is 19.5 Å². The summed E-state index contributed by atoms with van der Waals surface area (Å²) >= 11 is 0. The molecular weight excluding hydrogens is 246 g/mol. The molecule has 0 atom stereocenters. The Morgan fingerprint density at radius 3 is 2.63 bits per heavy atom. The highest BCUT2D eigenvalue weighted by Crippen LogP contribution is 2.09. The van der Waals surface area contributed by atoms with Gasteiger partial charge in [-0.3, -0.25) is 9.59 Å². The van der Waals surface area contributed by atoms with Gasteiger partial charge in [0.1, 0.15) is 11.5 Å². The van der Waals surface area contributed by atoms with Crippen LogP contribution in [0, 0.1) is 6.92 Å². The average molecular weight is 265 g/mol. The summed E-state index contributed by atoms with van der Waals surface area (Å²) in [6, 6.07) is 3.65. The van der Waals surface area contributed by atoms with Gasteiger partial charge in [0.15, 0.2) is 0 Å². The first kappa shape index (κ1) is 13.6. The number of nitrogens with one attached hydrogen (secondary N) is 1. The summed E-state index contributed by atoms with van der Waals surface area (Å²) in [5, 5.41) is 3.15. The van der Waals surface area contributed by atoms with Crippen molar-refractivity contribution in [3.63, 3.8) is 0 Å². The predicted molar refractivity (Wildman–Crippen MR) is 69.4 cm³/mol. The highest BCUT2D eigenvalue weighted by atomic mass is 16.3. The van der Waals surface area contributed by atoms with Crippen LogP contribution in [0.5, 0.6) is 0 Å². The van der Waals surface area contributed by atoms with Crippen molar-refractivity contribution in [2.75, 3.05) is 33.2 Å². The van der Waals surface area contributed by atoms with E-state index >= 15 is 0 Å². The molecule has 0 spiro atoms. The Morgan fingerprint density at radius 2 is 2.05 bits per heavy atom. The molecule has 104 valence electrons. The Hall–Kier alpha value is -1.82. The molecule has 0 unspecified atom stereocenters. The van der Waals surface area contributed by atoms with Gasteiger partial charge in [0.25, 0.3) is 0 Å². The molecule has 0 radical (unpaired) electrons. The summed E-state index contributed by atoms with van der Waals surface area (Å²) in [4.78, 5) is 27.0. The maximum atomic E-state index is 12.0. The van der Waals surface area contributed by atoms with Crippen molar-refractivity contribution in [1.29, 1.82) is 0 Å². The minimum absolute atomic E-state index is 0.310. The van der Waals surface area contributed by atoms with E-state index in [1.807, 2.05) is 19.1 Å². The van der Waals surface area contributed by atoms with Crippen LogP contribution in [0.3, 0.4) is 0 Å². The molecule has 1 aliphatic rings. The van der Waals surface area contributed by atoms with Crippen molar-refractivity contribution in [2.45, 2.75) is 13.5 Å². The first-order valence-corrected chi connectivity index (χ1v) is 6.38. The van der Waals surface area contributed by atoms with Gasteiger partial charge in [0, 0.05) is 33.2 Å². The number of hydrogen-bond donors (Lipinski definition) is 1. The largest absolute Gasteiger partial charge is 0.464 e. The Kier molecular flexibility index (Phi) is 4.21. The molecule has 1 N–H and O–H groups in total. The minimum Gasteiger partial charge on any atom is -0.464 e. The summed E-state index contributed by atoms with van der Waals surface area (Å²) in [6.45, 7) is 4.79. The summed E-state index contributed by atoms with van der Waals surface area (Å²) in [5.74, 6) is 0.550. The van der Waals surface area contributed by atoms with Gasteiger partial charge in [0.05, 0.1) is 6.54 Å². The van der Waals surface area contributed by atoms with Crippen LogP contribution < -0.4 is 5.32 Å². The molecule has 2 heterocycles. The number of piperazine rings is 1. The van der Waals surface area contributed by atoms with Crippen molar-refractivity contribution >= 4 is 11.8 Å². The molecule has 6 nitrogen and oxygen atoms in total. The van der Waals surface area contributed by atoms with E-state index in [1.54, 1.807) is 11.9 Å². The lowest BCUT2D eigenvalue weighted by Gasteiger charge is -2.28. The zero-order chi connectivity index (χ0) is 13.8. The van der Waals surface area contributed by atoms with Crippen LogP contribution in [0.2, 0.25) is 0 Å². The van der Waals surface area contributed by atoms with Crippen molar-refractivity contribution in [2.24, 2.45) is 0 Å². The highest BCUT2D eigenvalue weighted by Gasteiger charge is 2.26. The van der Waals surface area contributed by atoms with Gasteiger partial charge >= 0.3 is 11.8 Å². The van der Waals surface area contributed by atoms with Gasteiger partial charge in [-0.05, 0) is 19.1 Å². The molecule has 0 aromatic carbocycles. The van der Waals surface area contributed by atoms with Crippen molar-refractivity contribution in [3.8, 4) is 0 Å². The van der Waals surface area contributed by atoms with E-state index in [0.717, 1.165) is 18.8 Å². The zero-order valence-corrected chi connectivity index (χ0v) is 11.3. The number of hydrogen-bond acceptors (Lipinski definition) is 4. The molecular formula is C13H19N3O3. The van der Waals surface area contributed by atoms with Crippen LogP contribution in [0.25, 0.3) is 0 Å². The fourth-order valence-electron chi connectivity index (χ4n) is 2.04. The number of furan rings is 1. The minimum atomic E-state index is -0.490. The molecule has 1 aliphatic heterocycles. The SMILES string of the molecule is Cc1ccc(CN(C)C(=O)C(=O)N2CCNCC2)o1. The average Bonchev–Trinajstić information content (AvgIpc) is 2.83. The third-order valence-electron chi connectivity index (χ3n) is 3.12. The monoisotopic (exact) mass is 265 g/mol. The zero-order valence-electron chi connectivity index (χ0n) is 11.3. The Balaban J connectivity index is 1.92. The van der Waals surface area contributed by atoms with Gasteiger partial charge in [0.2, 0.25) is 0 Å². The second-order valence-electron chi connectivity index (χ2n) is 4.72. The molecule has 1 aromatic rings. The smallest absolute Gasteiger partial charge is 0.312 e. The molecule has 0 saturated carbocycles. The van der Waals surface area contributed by atoms with Crippen LogP contribution in [-0.2, 0) is 16.1 Å². The van der Waals surface area contributed by atoms with Crippen LogP contribution in [0.1, 0.15) is 11.5 Å². The summed E-state index contributed by atoms with van der Waals surface area (Å²) in [5.41, 5.74) is 0. The lowest BCUT2D eigenvalue weighted by atomic mass is 10.3. The maximum Gasteiger partial charge on any atom is 0.312 e. The normalized spacial score (nSPS) is 15.4. The number of amides is 2. The summed E-state index contributed by atoms with van der Waals surface area (Å²) in [7, 11) is 1.61. The highest BCUT2D eigenvalue weighted by molar-refractivity contribution is 6.34. The van der Waals surface area contributed by atoms with Crippen molar-refractivity contribution in [3.05, 3.63) is 23.7 Å². The molecule has 1 fully saturated rings. The summed E-state index contributed by atoms with van der Waals surface area (Å²) in [6.07, 6.45) is 0. The van der Waals surface area contributed by atoms with Crippen molar-refractivity contribution < 1.29 is 14.0 Å². The third-order valence-corrected chi connectivity index (χ3v) is 3.12. The number of likely N-dealkylation sites (N-methyl/N-ethyl adjacent to an activating group) is 1. The van der Waals surface area contributed by atoms with Gasteiger partial charge in [-0.1, -0.05) is 0 Å². The van der Waals surface area contributed by atoms with E-state index in [-0.39, 0.29) is 0 Å². The molecule has 1 aromatic heterocycles. The number of rotatable bonds is 2. The maximum absolute atomic E-state index is 12.0. The standard InChI is InChI=1S/C13H19N3O3/c1-10-3-4-11(19-10)9-15(2)12(17)13(18)16-7-5-14-6-8-16/h3-4,14H,5-9H2,1-2H3. The predicted octanol–water partition coefficient (Wildman–Crippen LogP) is -0.0218. The Labute approximate surface area is 112 Å². The third kappa shape index (κ3) is 3.35. The number of nitrogens with zero attached hydrogens (tertiary/aromatic N) is 2. The number of aryl methyl sites for hydroxylation is 1. The van der Waals surface area contributed by atoms with Crippen LogP contribution in [0.15, 0.2) is 16.5 Å². The Bertz CT molecular complexity index is 463. The van der Waals surface area contributed by atoms with Gasteiger partial charge in [-0.25, -0.2) is 0 Å². The molecule has 0 bridgehead atoms. The summed E-state index contributed by atoms with van der Waals surface area (Å²) < 4.78 is 5.40. The van der Waals surface area contributed by atoms with Crippen LogP contribution in [0.4, 0.5) is 0 Å². The lowest BCUT2D eigenvalue weighted by Crippen LogP contribution is -2.51. The first-order valence-electron chi connectivity index (χ1n) is 6.38. The molecule has 19 heavy (non-hydrogen) atoms. The van der Waals surface area contributed by atoms with E-state index in [9.17, 15) is 9.59 Å². The lowest BCUT2D eigenvalue weighted by molar-refractivity contribution is -0.151. The molecule has 0 aliphatic carbocycles. The topological polar surface area (TPSA) is 65.8 Å². The van der Waals surface area contributed by atoms with Crippen LogP contribution in [-0.4, -0.2) is 54.8 Å². The van der Waals surface area contributed by atoms with Gasteiger partial charge in [-0.15, -0.1) is 0 Å². The van der Waals surface area contributed by atoms with E-state index in [4.69, 9.17) is 4.42 Å². The second kappa shape index (κ2) is 5.88. The Morgan fingerprint density at radius 1 is 1.37 bits per heavy atom. The fraction of sp³-hybridized carbons (Fsp3) is 0.538. The molecule has 6 heteroatoms. The van der Waals surface area contributed by atoms with Crippen LogP contribution >= 0.6 is 0 Å². The van der Waals surface area contributed by atoms with Crippen molar-refractivity contribution in [1.82, 2.24) is 15.1 Å². The van der Waals surface area contributed by atoms with E-state index in [1.165, 1.54) is 4.90 Å². The fourth-order valence-corrected chi connectivity index (χ4v) is 2.04. The number of carbonyl (C=O) groups excluding carboxylic acids is 2. The first-order chi connectivity index (χ1) is 9.08. The molecule has 2 rings (SSSR count).